The lowest BCUT2D eigenvalue weighted by atomic mass is 9.99. The van der Waals surface area contributed by atoms with Gasteiger partial charge < -0.3 is 4.90 Å². The van der Waals surface area contributed by atoms with Crippen molar-refractivity contribution in [1.82, 2.24) is 4.90 Å². The molecule has 1 rings (SSSR count). The van der Waals surface area contributed by atoms with Gasteiger partial charge in [-0.2, -0.15) is 0 Å². The van der Waals surface area contributed by atoms with E-state index in [1.165, 1.54) is 12.8 Å². The quantitative estimate of drug-likeness (QED) is 0.739. The second-order valence-corrected chi connectivity index (χ2v) is 6.02. The molecule has 1 aliphatic rings. The van der Waals surface area contributed by atoms with Crippen LogP contribution in [0.1, 0.15) is 40.0 Å². The molecule has 0 aromatic heterocycles. The molecule has 0 saturated carbocycles. The fraction of sp³-hybridized carbons (Fsp3) is 0.917. The van der Waals surface area contributed by atoms with Gasteiger partial charge >= 0.3 is 0 Å². The Bertz CT molecular complexity index is 200. The summed E-state index contributed by atoms with van der Waals surface area (Å²) in [4.78, 5) is 13.9. The van der Waals surface area contributed by atoms with Crippen molar-refractivity contribution in [3.63, 3.8) is 0 Å². The Hall–Kier alpha value is -0.180. The minimum Gasteiger partial charge on any atom is -0.342 e. The van der Waals surface area contributed by atoms with Crippen molar-refractivity contribution < 1.29 is 4.79 Å². The highest BCUT2D eigenvalue weighted by atomic mass is 32.2. The molecule has 0 aromatic carbocycles. The van der Waals surface area contributed by atoms with Crippen LogP contribution in [0.4, 0.5) is 0 Å². The van der Waals surface area contributed by atoms with Crippen molar-refractivity contribution in [2.75, 3.05) is 18.8 Å². The van der Waals surface area contributed by atoms with Crippen LogP contribution in [0.25, 0.3) is 0 Å². The van der Waals surface area contributed by atoms with Crippen LogP contribution >= 0.6 is 11.8 Å². The molecule has 0 spiro atoms. The van der Waals surface area contributed by atoms with Crippen molar-refractivity contribution in [1.29, 1.82) is 0 Å². The van der Waals surface area contributed by atoms with E-state index < -0.39 is 0 Å². The summed E-state index contributed by atoms with van der Waals surface area (Å²) in [6, 6.07) is 0. The number of carbonyl (C=O) groups is 1. The van der Waals surface area contributed by atoms with Crippen molar-refractivity contribution in [2.45, 2.75) is 45.3 Å². The van der Waals surface area contributed by atoms with Gasteiger partial charge in [-0.3, -0.25) is 4.79 Å². The smallest absolute Gasteiger partial charge is 0.232 e. The molecule has 0 radical (unpaired) electrons. The molecular formula is C12H23NOS. The zero-order chi connectivity index (χ0) is 11.3. The molecule has 1 heterocycles. The van der Waals surface area contributed by atoms with Crippen LogP contribution in [-0.4, -0.2) is 34.9 Å². The molecule has 0 N–H and O–H groups in total. The van der Waals surface area contributed by atoms with E-state index >= 15 is 0 Å². The summed E-state index contributed by atoms with van der Waals surface area (Å²) in [7, 11) is 0. The van der Waals surface area contributed by atoms with E-state index in [1.54, 1.807) is 11.8 Å². The summed E-state index contributed by atoms with van der Waals surface area (Å²) < 4.78 is 0. The van der Waals surface area contributed by atoms with Crippen LogP contribution in [-0.2, 0) is 4.79 Å². The van der Waals surface area contributed by atoms with E-state index in [0.29, 0.717) is 16.9 Å². The van der Waals surface area contributed by atoms with Gasteiger partial charge in [-0.05, 0) is 25.2 Å². The fourth-order valence-corrected chi connectivity index (χ4v) is 2.53. The first-order valence-corrected chi connectivity index (χ1v) is 7.07. The Labute approximate surface area is 97.8 Å². The lowest BCUT2D eigenvalue weighted by molar-refractivity contribution is -0.129. The molecule has 1 atom stereocenters. The molecule has 1 aliphatic heterocycles. The van der Waals surface area contributed by atoms with E-state index in [4.69, 9.17) is 0 Å². The molecule has 15 heavy (non-hydrogen) atoms. The van der Waals surface area contributed by atoms with Crippen LogP contribution in [0.15, 0.2) is 0 Å². The summed E-state index contributed by atoms with van der Waals surface area (Å²) in [5.41, 5.74) is 0. The number of amides is 1. The molecule has 0 bridgehead atoms. The zero-order valence-electron chi connectivity index (χ0n) is 10.2. The number of rotatable bonds is 4. The summed E-state index contributed by atoms with van der Waals surface area (Å²) in [5.74, 6) is 1.81. The van der Waals surface area contributed by atoms with Crippen LogP contribution in [0.5, 0.6) is 0 Å². The average Bonchev–Trinajstić information content (AvgIpc) is 2.26. The van der Waals surface area contributed by atoms with Crippen LogP contribution in [0.3, 0.4) is 0 Å². The fourth-order valence-electron chi connectivity index (χ4n) is 1.68. The number of carbonyl (C=O) groups excluding carboxylic acids is 1. The minimum atomic E-state index is 0.340. The Morgan fingerprint density at radius 3 is 2.60 bits per heavy atom. The Morgan fingerprint density at radius 1 is 1.47 bits per heavy atom. The Morgan fingerprint density at radius 2 is 2.07 bits per heavy atom. The molecule has 2 nitrogen and oxygen atoms in total. The van der Waals surface area contributed by atoms with E-state index in [1.807, 2.05) is 4.90 Å². The number of nitrogens with zero attached hydrogens (tertiary/aromatic N) is 1. The van der Waals surface area contributed by atoms with Gasteiger partial charge in [0.2, 0.25) is 5.91 Å². The maximum atomic E-state index is 11.8. The summed E-state index contributed by atoms with van der Waals surface area (Å²) >= 11 is 1.79. The number of hydrogen-bond donors (Lipinski definition) is 0. The van der Waals surface area contributed by atoms with Crippen molar-refractivity contribution in [3.8, 4) is 0 Å². The zero-order valence-corrected chi connectivity index (χ0v) is 11.0. The van der Waals surface area contributed by atoms with Gasteiger partial charge in [0.25, 0.3) is 0 Å². The number of thioether (sulfide) groups is 1. The van der Waals surface area contributed by atoms with Crippen molar-refractivity contribution >= 4 is 17.7 Å². The van der Waals surface area contributed by atoms with Gasteiger partial charge in [-0.15, -0.1) is 11.8 Å². The molecule has 0 unspecified atom stereocenters. The third-order valence-corrected chi connectivity index (χ3v) is 4.52. The van der Waals surface area contributed by atoms with Gasteiger partial charge in [0.15, 0.2) is 0 Å². The Balaban J connectivity index is 2.22. The molecule has 1 saturated heterocycles. The van der Waals surface area contributed by atoms with Crippen LogP contribution < -0.4 is 0 Å². The monoisotopic (exact) mass is 229 g/mol. The van der Waals surface area contributed by atoms with Gasteiger partial charge in [0.1, 0.15) is 0 Å². The first-order valence-electron chi connectivity index (χ1n) is 6.02. The second kappa shape index (κ2) is 6.41. The highest BCUT2D eigenvalue weighted by molar-refractivity contribution is 8.00. The van der Waals surface area contributed by atoms with E-state index in [9.17, 15) is 4.79 Å². The maximum absolute atomic E-state index is 11.8. The highest BCUT2D eigenvalue weighted by Crippen LogP contribution is 2.19. The van der Waals surface area contributed by atoms with E-state index in [-0.39, 0.29) is 0 Å². The predicted octanol–water partition coefficient (Wildman–Crippen LogP) is 2.78. The number of hydrogen-bond acceptors (Lipinski definition) is 2. The molecule has 1 amide bonds. The first-order chi connectivity index (χ1) is 7.13. The third-order valence-electron chi connectivity index (χ3n) is 3.20. The normalized spacial score (nSPS) is 20.3. The van der Waals surface area contributed by atoms with Crippen LogP contribution in [0, 0.1) is 5.92 Å². The first kappa shape index (κ1) is 12.9. The van der Waals surface area contributed by atoms with E-state index in [2.05, 4.69) is 20.8 Å². The number of likely N-dealkylation sites (tertiary alicyclic amines) is 1. The second-order valence-electron chi connectivity index (χ2n) is 4.59. The largest absolute Gasteiger partial charge is 0.342 e. The molecule has 0 aromatic rings. The van der Waals surface area contributed by atoms with Crippen LogP contribution in [0.2, 0.25) is 0 Å². The lowest BCUT2D eigenvalue weighted by Crippen LogP contribution is -2.39. The molecule has 3 heteroatoms. The third kappa shape index (κ3) is 4.45. The van der Waals surface area contributed by atoms with Gasteiger partial charge in [0.05, 0.1) is 5.75 Å². The topological polar surface area (TPSA) is 20.3 Å². The number of piperidine rings is 1. The van der Waals surface area contributed by atoms with Crippen molar-refractivity contribution in [2.24, 2.45) is 5.92 Å². The van der Waals surface area contributed by atoms with Gasteiger partial charge in [-0.1, -0.05) is 20.8 Å². The summed E-state index contributed by atoms with van der Waals surface area (Å²) in [5, 5.41) is 0.609. The summed E-state index contributed by atoms with van der Waals surface area (Å²) in [6.07, 6.45) is 3.51. The molecule has 0 aliphatic carbocycles. The van der Waals surface area contributed by atoms with E-state index in [0.717, 1.165) is 25.4 Å². The molecule has 88 valence electrons. The van der Waals surface area contributed by atoms with Crippen molar-refractivity contribution in [3.05, 3.63) is 0 Å². The Kier molecular flexibility index (Phi) is 5.51. The van der Waals surface area contributed by atoms with Gasteiger partial charge in [0, 0.05) is 18.3 Å². The average molecular weight is 229 g/mol. The maximum Gasteiger partial charge on any atom is 0.232 e. The minimum absolute atomic E-state index is 0.340. The molecule has 1 fully saturated rings. The summed E-state index contributed by atoms with van der Waals surface area (Å²) in [6.45, 7) is 8.58. The highest BCUT2D eigenvalue weighted by Gasteiger charge is 2.20. The van der Waals surface area contributed by atoms with Gasteiger partial charge in [-0.25, -0.2) is 0 Å². The predicted molar refractivity (Wildman–Crippen MR) is 67.2 cm³/mol. The lowest BCUT2D eigenvalue weighted by Gasteiger charge is -2.30. The SMILES string of the molecule is CC[C@@H](C)SCC(=O)N1CCC(C)CC1. The standard InChI is InChI=1S/C12H23NOS/c1-4-11(3)15-9-12(14)13-7-5-10(2)6-8-13/h10-11H,4-9H2,1-3H3/t11-/m1/s1. The molecular weight excluding hydrogens is 206 g/mol.